The zero-order valence-electron chi connectivity index (χ0n) is 12.3. The summed E-state index contributed by atoms with van der Waals surface area (Å²) in [6.07, 6.45) is 6.54. The quantitative estimate of drug-likeness (QED) is 0.891. The van der Waals surface area contributed by atoms with E-state index in [1.54, 1.807) is 0 Å². The molecule has 0 aromatic heterocycles. The Morgan fingerprint density at radius 3 is 2.42 bits per heavy atom. The van der Waals surface area contributed by atoms with Gasteiger partial charge in [-0.25, -0.2) is 0 Å². The number of benzene rings is 1. The summed E-state index contributed by atoms with van der Waals surface area (Å²) < 4.78 is 0. The Bertz CT molecular complexity index is 429. The third-order valence-corrected chi connectivity index (χ3v) is 4.56. The van der Waals surface area contributed by atoms with Crippen molar-refractivity contribution in [1.82, 2.24) is 5.32 Å². The summed E-state index contributed by atoms with van der Waals surface area (Å²) in [6.45, 7) is 6.94. The highest BCUT2D eigenvalue weighted by Gasteiger charge is 2.27. The summed E-state index contributed by atoms with van der Waals surface area (Å²) in [5, 5.41) is 3.78. The first-order chi connectivity index (χ1) is 9.28. The third kappa shape index (κ3) is 2.94. The van der Waals surface area contributed by atoms with Gasteiger partial charge in [0.05, 0.1) is 0 Å². The van der Waals surface area contributed by atoms with Gasteiger partial charge in [0.2, 0.25) is 0 Å². The zero-order valence-corrected chi connectivity index (χ0v) is 12.3. The van der Waals surface area contributed by atoms with Crippen LogP contribution >= 0.6 is 0 Å². The van der Waals surface area contributed by atoms with Crippen LogP contribution in [0.3, 0.4) is 0 Å². The van der Waals surface area contributed by atoms with Gasteiger partial charge in [-0.3, -0.25) is 0 Å². The van der Waals surface area contributed by atoms with Crippen molar-refractivity contribution in [2.75, 3.05) is 18.0 Å². The number of aryl methyl sites for hydroxylation is 2. The molecule has 1 N–H and O–H groups in total. The van der Waals surface area contributed by atoms with E-state index in [0.717, 1.165) is 18.5 Å². The molecule has 1 saturated carbocycles. The second-order valence-corrected chi connectivity index (χ2v) is 6.14. The Balaban J connectivity index is 1.67. The number of anilines is 1. The summed E-state index contributed by atoms with van der Waals surface area (Å²) in [4.78, 5) is 2.61. The van der Waals surface area contributed by atoms with E-state index in [1.807, 2.05) is 0 Å². The van der Waals surface area contributed by atoms with Crippen molar-refractivity contribution in [1.29, 1.82) is 0 Å². The molecule has 2 fully saturated rings. The van der Waals surface area contributed by atoms with Crippen molar-refractivity contribution < 1.29 is 0 Å². The molecule has 0 bridgehead atoms. The highest BCUT2D eigenvalue weighted by atomic mass is 15.2. The fraction of sp³-hybridized carbons (Fsp3) is 0.647. The van der Waals surface area contributed by atoms with E-state index in [0.29, 0.717) is 0 Å². The molecule has 2 aliphatic rings. The average Bonchev–Trinajstić information content (AvgIpc) is 3.23. The summed E-state index contributed by atoms with van der Waals surface area (Å²) in [5.74, 6) is 0. The Morgan fingerprint density at radius 2 is 1.79 bits per heavy atom. The van der Waals surface area contributed by atoms with Gasteiger partial charge in [-0.1, -0.05) is 25.1 Å². The lowest BCUT2D eigenvalue weighted by Crippen LogP contribution is -2.43. The number of para-hydroxylation sites is 1. The second kappa shape index (κ2) is 5.54. The summed E-state index contributed by atoms with van der Waals surface area (Å²) in [5.41, 5.74) is 4.46. The van der Waals surface area contributed by atoms with Crippen LogP contribution in [0, 0.1) is 6.92 Å². The summed E-state index contributed by atoms with van der Waals surface area (Å²) >= 11 is 0. The molecule has 1 aliphatic heterocycles. The maximum Gasteiger partial charge on any atom is 0.0428 e. The molecule has 0 radical (unpaired) electrons. The molecule has 2 nitrogen and oxygen atoms in total. The van der Waals surface area contributed by atoms with Gasteiger partial charge in [-0.2, -0.15) is 0 Å². The second-order valence-electron chi connectivity index (χ2n) is 6.14. The standard InChI is InChI=1S/C17H26N2/c1-3-14-6-4-5-13(2)17(14)19-11-9-16(10-12-19)18-15-7-8-15/h4-6,15-16,18H,3,7-12H2,1-2H3. The van der Waals surface area contributed by atoms with Crippen molar-refractivity contribution in [3.05, 3.63) is 29.3 Å². The molecule has 0 unspecified atom stereocenters. The highest BCUT2D eigenvalue weighted by Crippen LogP contribution is 2.29. The Hall–Kier alpha value is -1.02. The SMILES string of the molecule is CCc1cccc(C)c1N1CCC(NC2CC2)CC1. The minimum Gasteiger partial charge on any atom is -0.371 e. The van der Waals surface area contributed by atoms with Crippen LogP contribution in [0.2, 0.25) is 0 Å². The van der Waals surface area contributed by atoms with Gasteiger partial charge in [0.15, 0.2) is 0 Å². The smallest absolute Gasteiger partial charge is 0.0428 e. The maximum absolute atomic E-state index is 3.78. The van der Waals surface area contributed by atoms with Crippen molar-refractivity contribution in [2.45, 2.75) is 58.0 Å². The normalized spacial score (nSPS) is 20.8. The molecule has 0 atom stereocenters. The Labute approximate surface area is 117 Å². The van der Waals surface area contributed by atoms with E-state index in [-0.39, 0.29) is 0 Å². The van der Waals surface area contributed by atoms with Gasteiger partial charge in [-0.15, -0.1) is 0 Å². The van der Waals surface area contributed by atoms with Crippen LogP contribution in [0.5, 0.6) is 0 Å². The number of rotatable bonds is 4. The summed E-state index contributed by atoms with van der Waals surface area (Å²) in [7, 11) is 0. The van der Waals surface area contributed by atoms with Crippen molar-refractivity contribution in [3.63, 3.8) is 0 Å². The molecule has 3 rings (SSSR count). The molecule has 2 heteroatoms. The topological polar surface area (TPSA) is 15.3 Å². The van der Waals surface area contributed by atoms with Crippen LogP contribution in [-0.2, 0) is 6.42 Å². The van der Waals surface area contributed by atoms with Crippen molar-refractivity contribution in [2.24, 2.45) is 0 Å². The first-order valence-corrected chi connectivity index (χ1v) is 7.87. The monoisotopic (exact) mass is 258 g/mol. The van der Waals surface area contributed by atoms with E-state index in [1.165, 1.54) is 55.6 Å². The maximum atomic E-state index is 3.78. The fourth-order valence-electron chi connectivity index (χ4n) is 3.31. The molecule has 0 spiro atoms. The lowest BCUT2D eigenvalue weighted by molar-refractivity contribution is 0.412. The Morgan fingerprint density at radius 1 is 1.11 bits per heavy atom. The predicted molar refractivity (Wildman–Crippen MR) is 81.9 cm³/mol. The van der Waals surface area contributed by atoms with Gasteiger partial charge >= 0.3 is 0 Å². The van der Waals surface area contributed by atoms with E-state index < -0.39 is 0 Å². The molecular formula is C17H26N2. The fourth-order valence-corrected chi connectivity index (χ4v) is 3.31. The molecule has 19 heavy (non-hydrogen) atoms. The van der Waals surface area contributed by atoms with Gasteiger partial charge in [-0.05, 0) is 50.2 Å². The third-order valence-electron chi connectivity index (χ3n) is 4.56. The number of nitrogens with zero attached hydrogens (tertiary/aromatic N) is 1. The van der Waals surface area contributed by atoms with Crippen molar-refractivity contribution in [3.8, 4) is 0 Å². The van der Waals surface area contributed by atoms with Gasteiger partial charge in [0, 0.05) is 30.9 Å². The molecule has 1 saturated heterocycles. The highest BCUT2D eigenvalue weighted by molar-refractivity contribution is 5.59. The van der Waals surface area contributed by atoms with Gasteiger partial charge in [0.25, 0.3) is 0 Å². The van der Waals surface area contributed by atoms with E-state index in [4.69, 9.17) is 0 Å². The van der Waals surface area contributed by atoms with Gasteiger partial charge < -0.3 is 10.2 Å². The van der Waals surface area contributed by atoms with Crippen LogP contribution < -0.4 is 10.2 Å². The molecule has 1 aromatic carbocycles. The average molecular weight is 258 g/mol. The summed E-state index contributed by atoms with van der Waals surface area (Å²) in [6, 6.07) is 8.35. The molecular weight excluding hydrogens is 232 g/mol. The van der Waals surface area contributed by atoms with Crippen LogP contribution in [0.15, 0.2) is 18.2 Å². The van der Waals surface area contributed by atoms with Gasteiger partial charge in [0.1, 0.15) is 0 Å². The van der Waals surface area contributed by atoms with E-state index in [2.05, 4.69) is 42.3 Å². The first kappa shape index (κ1) is 13.0. The van der Waals surface area contributed by atoms with Crippen LogP contribution in [0.25, 0.3) is 0 Å². The lowest BCUT2D eigenvalue weighted by atomic mass is 9.99. The van der Waals surface area contributed by atoms with Crippen LogP contribution in [0.1, 0.15) is 43.7 Å². The van der Waals surface area contributed by atoms with Crippen LogP contribution in [-0.4, -0.2) is 25.2 Å². The number of hydrogen-bond acceptors (Lipinski definition) is 2. The molecule has 1 aromatic rings. The number of hydrogen-bond donors (Lipinski definition) is 1. The molecule has 104 valence electrons. The van der Waals surface area contributed by atoms with Crippen LogP contribution in [0.4, 0.5) is 5.69 Å². The number of piperidine rings is 1. The molecule has 1 aliphatic carbocycles. The van der Waals surface area contributed by atoms with E-state index in [9.17, 15) is 0 Å². The molecule has 1 heterocycles. The first-order valence-electron chi connectivity index (χ1n) is 7.87. The van der Waals surface area contributed by atoms with Crippen molar-refractivity contribution >= 4 is 5.69 Å². The number of nitrogens with one attached hydrogen (secondary N) is 1. The Kier molecular flexibility index (Phi) is 3.79. The zero-order chi connectivity index (χ0) is 13.2. The molecule has 0 amide bonds. The predicted octanol–water partition coefficient (Wildman–Crippen LogP) is 3.28. The minimum absolute atomic E-state index is 0.762. The minimum atomic E-state index is 0.762. The van der Waals surface area contributed by atoms with E-state index >= 15 is 0 Å². The largest absolute Gasteiger partial charge is 0.371 e. The lowest BCUT2D eigenvalue weighted by Gasteiger charge is -2.36.